The molecule has 0 unspecified atom stereocenters. The molecule has 0 atom stereocenters. The number of imidazole rings is 1. The third-order valence-corrected chi connectivity index (χ3v) is 3.80. The summed E-state index contributed by atoms with van der Waals surface area (Å²) in [4.78, 5) is 30.0. The number of carboxylic acid groups (broad SMARTS) is 1. The van der Waals surface area contributed by atoms with Crippen molar-refractivity contribution in [3.05, 3.63) is 18.2 Å². The Morgan fingerprint density at radius 3 is 2.70 bits per heavy atom. The van der Waals surface area contributed by atoms with E-state index < -0.39 is 11.4 Å². The molecule has 7 heteroatoms. The lowest BCUT2D eigenvalue weighted by molar-refractivity contribution is -0.148. The number of H-pyrrole nitrogens is 1. The number of nitrogens with one attached hydrogen (secondary N) is 3. The smallest absolute Gasteiger partial charge is 0.314 e. The Morgan fingerprint density at radius 2 is 2.10 bits per heavy atom. The number of hydrogen-bond donors (Lipinski definition) is 4. The highest BCUT2D eigenvalue weighted by Crippen LogP contribution is 2.37. The van der Waals surface area contributed by atoms with Gasteiger partial charge in [0.2, 0.25) is 0 Å². The molecule has 1 aliphatic carbocycles. The molecule has 0 spiro atoms. The van der Waals surface area contributed by atoms with Gasteiger partial charge in [-0.25, -0.2) is 9.78 Å². The first-order valence-corrected chi connectivity index (χ1v) is 6.86. The van der Waals surface area contributed by atoms with Crippen molar-refractivity contribution in [2.24, 2.45) is 5.41 Å². The van der Waals surface area contributed by atoms with Crippen molar-refractivity contribution >= 4 is 12.0 Å². The highest BCUT2D eigenvalue weighted by molar-refractivity contribution is 5.78. The van der Waals surface area contributed by atoms with Crippen LogP contribution in [0, 0.1) is 5.41 Å². The maximum atomic E-state index is 11.6. The summed E-state index contributed by atoms with van der Waals surface area (Å²) in [7, 11) is 0. The van der Waals surface area contributed by atoms with E-state index in [-0.39, 0.29) is 12.6 Å². The second kappa shape index (κ2) is 6.40. The molecule has 1 aromatic rings. The summed E-state index contributed by atoms with van der Waals surface area (Å²) in [6.07, 6.45) is 7.09. The van der Waals surface area contributed by atoms with Crippen LogP contribution in [0.4, 0.5) is 4.79 Å². The van der Waals surface area contributed by atoms with Gasteiger partial charge in [0.15, 0.2) is 0 Å². The van der Waals surface area contributed by atoms with Gasteiger partial charge < -0.3 is 20.7 Å². The van der Waals surface area contributed by atoms with Crippen LogP contribution in [-0.4, -0.2) is 40.2 Å². The van der Waals surface area contributed by atoms with Crippen LogP contribution in [-0.2, 0) is 11.2 Å². The molecule has 1 aromatic heterocycles. The molecule has 20 heavy (non-hydrogen) atoms. The van der Waals surface area contributed by atoms with Gasteiger partial charge in [-0.2, -0.15) is 0 Å². The number of carbonyl (C=O) groups is 2. The summed E-state index contributed by atoms with van der Waals surface area (Å²) in [6, 6.07) is -0.330. The Morgan fingerprint density at radius 1 is 1.35 bits per heavy atom. The number of aliphatic carboxylic acids is 1. The van der Waals surface area contributed by atoms with Crippen LogP contribution in [0.2, 0.25) is 0 Å². The lowest BCUT2D eigenvalue weighted by Crippen LogP contribution is -2.45. The number of nitrogens with zero attached hydrogens (tertiary/aromatic N) is 1. The summed E-state index contributed by atoms with van der Waals surface area (Å²) in [6.45, 7) is 0.647. The minimum Gasteiger partial charge on any atom is -0.481 e. The van der Waals surface area contributed by atoms with Gasteiger partial charge in [-0.3, -0.25) is 4.79 Å². The van der Waals surface area contributed by atoms with Crippen LogP contribution in [0.3, 0.4) is 0 Å². The summed E-state index contributed by atoms with van der Waals surface area (Å²) >= 11 is 0. The molecular formula is C13H20N4O3. The average molecular weight is 280 g/mol. The molecule has 1 saturated carbocycles. The van der Waals surface area contributed by atoms with Gasteiger partial charge in [-0.15, -0.1) is 0 Å². The van der Waals surface area contributed by atoms with Gasteiger partial charge in [0.25, 0.3) is 0 Å². The van der Waals surface area contributed by atoms with Gasteiger partial charge in [0.05, 0.1) is 5.41 Å². The van der Waals surface area contributed by atoms with Crippen LogP contribution in [0.15, 0.2) is 12.4 Å². The summed E-state index contributed by atoms with van der Waals surface area (Å²) in [5.74, 6) is -0.00557. The topological polar surface area (TPSA) is 107 Å². The minimum absolute atomic E-state index is 0.189. The maximum Gasteiger partial charge on any atom is 0.314 e. The monoisotopic (exact) mass is 280 g/mol. The van der Waals surface area contributed by atoms with Crippen LogP contribution in [0.25, 0.3) is 0 Å². The maximum absolute atomic E-state index is 11.6. The fourth-order valence-electron chi connectivity index (χ4n) is 2.56. The first-order valence-electron chi connectivity index (χ1n) is 6.86. The molecular weight excluding hydrogens is 260 g/mol. The fraction of sp³-hybridized carbons (Fsp3) is 0.615. The van der Waals surface area contributed by atoms with E-state index in [1.807, 2.05) is 0 Å². The largest absolute Gasteiger partial charge is 0.481 e. The Kier molecular flexibility index (Phi) is 4.60. The van der Waals surface area contributed by atoms with E-state index in [1.165, 1.54) is 0 Å². The number of aromatic amines is 1. The van der Waals surface area contributed by atoms with Crippen molar-refractivity contribution in [2.45, 2.75) is 32.1 Å². The molecule has 1 heterocycles. The summed E-state index contributed by atoms with van der Waals surface area (Å²) in [5, 5.41) is 14.7. The molecule has 7 nitrogen and oxygen atoms in total. The molecule has 0 aliphatic heterocycles. The van der Waals surface area contributed by atoms with Crippen LogP contribution < -0.4 is 10.6 Å². The number of urea groups is 1. The Balaban J connectivity index is 1.70. The van der Waals surface area contributed by atoms with Crippen LogP contribution in [0.1, 0.15) is 31.5 Å². The van der Waals surface area contributed by atoms with Gasteiger partial charge in [0, 0.05) is 31.9 Å². The van der Waals surface area contributed by atoms with Crippen molar-refractivity contribution in [1.82, 2.24) is 20.6 Å². The Labute approximate surface area is 117 Å². The lowest BCUT2D eigenvalue weighted by atomic mass is 9.86. The van der Waals surface area contributed by atoms with Crippen molar-refractivity contribution < 1.29 is 14.7 Å². The summed E-state index contributed by atoms with van der Waals surface area (Å²) < 4.78 is 0. The normalized spacial score (nSPS) is 16.8. The van der Waals surface area contributed by atoms with Crippen molar-refractivity contribution in [1.29, 1.82) is 0 Å². The van der Waals surface area contributed by atoms with Gasteiger partial charge >= 0.3 is 12.0 Å². The van der Waals surface area contributed by atoms with Crippen molar-refractivity contribution in [3.8, 4) is 0 Å². The molecule has 2 rings (SSSR count). The highest BCUT2D eigenvalue weighted by atomic mass is 16.4. The number of carboxylic acids is 1. The zero-order valence-corrected chi connectivity index (χ0v) is 11.3. The fourth-order valence-corrected chi connectivity index (χ4v) is 2.56. The molecule has 1 fully saturated rings. The summed E-state index contributed by atoms with van der Waals surface area (Å²) in [5.41, 5.74) is -0.779. The number of rotatable bonds is 6. The van der Waals surface area contributed by atoms with Crippen molar-refractivity contribution in [2.75, 3.05) is 13.1 Å². The standard InChI is InChI=1S/C13H20N4O3/c18-11(19)13(4-1-2-5-13)9-17-12(20)16-6-3-10-14-7-8-15-10/h7-8H,1-6,9H2,(H,14,15)(H,18,19)(H2,16,17,20). The average Bonchev–Trinajstić information content (AvgIpc) is 3.08. The van der Waals surface area contributed by atoms with Crippen molar-refractivity contribution in [3.63, 3.8) is 0 Å². The molecule has 2 amide bonds. The third-order valence-electron chi connectivity index (χ3n) is 3.80. The first-order chi connectivity index (χ1) is 9.62. The SMILES string of the molecule is O=C(NCCc1ncc[nH]1)NCC1(C(=O)O)CCCC1. The quantitative estimate of drug-likeness (QED) is 0.621. The molecule has 0 aromatic carbocycles. The Hall–Kier alpha value is -2.05. The van der Waals surface area contributed by atoms with E-state index in [4.69, 9.17) is 0 Å². The predicted molar refractivity (Wildman–Crippen MR) is 72.2 cm³/mol. The van der Waals surface area contributed by atoms with E-state index in [9.17, 15) is 14.7 Å². The zero-order valence-electron chi connectivity index (χ0n) is 11.3. The predicted octanol–water partition coefficient (Wildman–Crippen LogP) is 0.896. The molecule has 0 radical (unpaired) electrons. The number of carbonyl (C=O) groups excluding carboxylic acids is 1. The van der Waals surface area contributed by atoms with E-state index in [0.717, 1.165) is 18.7 Å². The number of amides is 2. The molecule has 0 bridgehead atoms. The second-order valence-corrected chi connectivity index (χ2v) is 5.19. The molecule has 110 valence electrons. The molecule has 0 saturated heterocycles. The number of hydrogen-bond acceptors (Lipinski definition) is 3. The third kappa shape index (κ3) is 3.49. The minimum atomic E-state index is -0.814. The van der Waals surface area contributed by atoms with Crippen LogP contribution in [0.5, 0.6) is 0 Å². The van der Waals surface area contributed by atoms with E-state index in [2.05, 4.69) is 20.6 Å². The van der Waals surface area contributed by atoms with E-state index >= 15 is 0 Å². The zero-order chi connectivity index (χ0) is 14.4. The second-order valence-electron chi connectivity index (χ2n) is 5.19. The van der Waals surface area contributed by atoms with E-state index in [0.29, 0.717) is 25.8 Å². The molecule has 1 aliphatic rings. The highest BCUT2D eigenvalue weighted by Gasteiger charge is 2.41. The Bertz CT molecular complexity index is 452. The molecule has 4 N–H and O–H groups in total. The number of aromatic nitrogens is 2. The lowest BCUT2D eigenvalue weighted by Gasteiger charge is -2.23. The first kappa shape index (κ1) is 14.4. The van der Waals surface area contributed by atoms with Gasteiger partial charge in [-0.1, -0.05) is 12.8 Å². The van der Waals surface area contributed by atoms with E-state index in [1.54, 1.807) is 12.4 Å². The van der Waals surface area contributed by atoms with Gasteiger partial charge in [0.1, 0.15) is 5.82 Å². The van der Waals surface area contributed by atoms with Gasteiger partial charge in [-0.05, 0) is 12.8 Å². The van der Waals surface area contributed by atoms with Crippen LogP contribution >= 0.6 is 0 Å².